The molecule has 0 amide bonds. The molecule has 1 aromatic rings. The Bertz CT molecular complexity index is 387. The molecule has 0 aliphatic carbocycles. The van der Waals surface area contributed by atoms with Gasteiger partial charge in [0.15, 0.2) is 0 Å². The Kier molecular flexibility index (Phi) is 5.21. The van der Waals surface area contributed by atoms with Gasteiger partial charge in [0, 0.05) is 12.1 Å². The van der Waals surface area contributed by atoms with E-state index in [-0.39, 0.29) is 12.6 Å². The molecule has 0 bridgehead atoms. The summed E-state index contributed by atoms with van der Waals surface area (Å²) in [6.07, 6.45) is 4.27. The first-order chi connectivity index (χ1) is 8.08. The number of hydrogen-bond donors (Lipinski definition) is 1. The maximum Gasteiger partial charge on any atom is 0.323 e. The van der Waals surface area contributed by atoms with Gasteiger partial charge in [-0.05, 0) is 19.6 Å². The van der Waals surface area contributed by atoms with Crippen LogP contribution in [0.1, 0.15) is 20.3 Å². The van der Waals surface area contributed by atoms with Crippen LogP contribution >= 0.6 is 11.8 Å². The Morgan fingerprint density at radius 2 is 2.29 bits per heavy atom. The van der Waals surface area contributed by atoms with Gasteiger partial charge in [0.2, 0.25) is 0 Å². The molecule has 1 aromatic heterocycles. The molecule has 0 radical (unpaired) electrons. The molecule has 0 aromatic carbocycles. The average molecular weight is 255 g/mol. The fraction of sp³-hybridized carbons (Fsp3) is 0.545. The first-order valence-electron chi connectivity index (χ1n) is 5.43. The molecule has 6 heteroatoms. The second-order valence-corrected chi connectivity index (χ2v) is 4.52. The maximum atomic E-state index is 10.9. The van der Waals surface area contributed by atoms with Crippen molar-refractivity contribution in [2.45, 2.75) is 31.3 Å². The minimum absolute atomic E-state index is 0.0418. The van der Waals surface area contributed by atoms with Crippen LogP contribution in [0.4, 0.5) is 5.82 Å². The number of nitrogens with zero attached hydrogens (tertiary/aromatic N) is 3. The Labute approximate surface area is 105 Å². The van der Waals surface area contributed by atoms with Crippen molar-refractivity contribution >= 4 is 23.5 Å². The lowest BCUT2D eigenvalue weighted by Gasteiger charge is -2.27. The van der Waals surface area contributed by atoms with E-state index in [1.54, 1.807) is 4.90 Å². The molecule has 1 unspecified atom stereocenters. The van der Waals surface area contributed by atoms with Crippen molar-refractivity contribution < 1.29 is 9.90 Å². The van der Waals surface area contributed by atoms with Gasteiger partial charge in [0.25, 0.3) is 0 Å². The first-order valence-corrected chi connectivity index (χ1v) is 6.65. The van der Waals surface area contributed by atoms with E-state index in [9.17, 15) is 4.79 Å². The number of carbonyl (C=O) groups is 1. The van der Waals surface area contributed by atoms with Gasteiger partial charge in [-0.15, -0.1) is 11.8 Å². The van der Waals surface area contributed by atoms with Crippen molar-refractivity contribution in [2.75, 3.05) is 17.7 Å². The minimum Gasteiger partial charge on any atom is -0.480 e. The number of carboxylic acids is 1. The van der Waals surface area contributed by atoms with Crippen LogP contribution in [0.25, 0.3) is 0 Å². The van der Waals surface area contributed by atoms with E-state index in [2.05, 4.69) is 9.97 Å². The zero-order valence-electron chi connectivity index (χ0n) is 10.3. The molecule has 0 aliphatic rings. The lowest BCUT2D eigenvalue weighted by molar-refractivity contribution is -0.135. The molecule has 0 fully saturated rings. The van der Waals surface area contributed by atoms with Crippen LogP contribution in [0.2, 0.25) is 0 Å². The van der Waals surface area contributed by atoms with Crippen molar-refractivity contribution in [3.05, 3.63) is 12.4 Å². The zero-order valence-corrected chi connectivity index (χ0v) is 11.1. The van der Waals surface area contributed by atoms with Crippen LogP contribution in [0.15, 0.2) is 17.4 Å². The monoisotopic (exact) mass is 255 g/mol. The summed E-state index contributed by atoms with van der Waals surface area (Å²) in [7, 11) is 0. The lowest BCUT2D eigenvalue weighted by atomic mass is 10.2. The van der Waals surface area contributed by atoms with Crippen LogP contribution in [0.3, 0.4) is 0 Å². The summed E-state index contributed by atoms with van der Waals surface area (Å²) >= 11 is 1.51. The summed E-state index contributed by atoms with van der Waals surface area (Å²) in [5.41, 5.74) is 0. The molecule has 5 nitrogen and oxygen atoms in total. The summed E-state index contributed by atoms with van der Waals surface area (Å²) < 4.78 is 0. The third-order valence-electron chi connectivity index (χ3n) is 2.56. The average Bonchev–Trinajstić information content (AvgIpc) is 2.35. The van der Waals surface area contributed by atoms with Gasteiger partial charge in [0.05, 0.1) is 0 Å². The van der Waals surface area contributed by atoms with Crippen LogP contribution in [0, 0.1) is 0 Å². The lowest BCUT2D eigenvalue weighted by Crippen LogP contribution is -2.37. The van der Waals surface area contributed by atoms with Crippen LogP contribution in [-0.2, 0) is 4.79 Å². The van der Waals surface area contributed by atoms with Gasteiger partial charge in [0.1, 0.15) is 23.7 Å². The molecule has 0 spiro atoms. The van der Waals surface area contributed by atoms with Crippen LogP contribution in [-0.4, -0.2) is 39.9 Å². The molecule has 0 saturated carbocycles. The second-order valence-electron chi connectivity index (χ2n) is 3.70. The Morgan fingerprint density at radius 1 is 1.59 bits per heavy atom. The molecule has 0 aliphatic heterocycles. The topological polar surface area (TPSA) is 66.3 Å². The van der Waals surface area contributed by atoms with Gasteiger partial charge in [-0.1, -0.05) is 6.92 Å². The number of aromatic nitrogens is 2. The molecule has 1 rings (SSSR count). The van der Waals surface area contributed by atoms with Crippen molar-refractivity contribution in [1.29, 1.82) is 0 Å². The summed E-state index contributed by atoms with van der Waals surface area (Å²) in [4.78, 5) is 20.9. The van der Waals surface area contributed by atoms with Crippen molar-refractivity contribution in [3.63, 3.8) is 0 Å². The fourth-order valence-electron chi connectivity index (χ4n) is 1.43. The van der Waals surface area contributed by atoms with E-state index >= 15 is 0 Å². The molecule has 1 atom stereocenters. The van der Waals surface area contributed by atoms with E-state index in [1.165, 1.54) is 18.1 Å². The number of anilines is 1. The van der Waals surface area contributed by atoms with E-state index in [1.807, 2.05) is 26.2 Å². The summed E-state index contributed by atoms with van der Waals surface area (Å²) in [5, 5.41) is 9.77. The van der Waals surface area contributed by atoms with E-state index in [4.69, 9.17) is 5.11 Å². The highest BCUT2D eigenvalue weighted by molar-refractivity contribution is 7.98. The molecule has 0 saturated heterocycles. The van der Waals surface area contributed by atoms with Gasteiger partial charge in [-0.3, -0.25) is 4.79 Å². The summed E-state index contributed by atoms with van der Waals surface area (Å²) in [5.74, 6) is -0.185. The summed E-state index contributed by atoms with van der Waals surface area (Å²) in [6.45, 7) is 3.97. The highest BCUT2D eigenvalue weighted by atomic mass is 32.2. The van der Waals surface area contributed by atoms with Crippen molar-refractivity contribution in [2.24, 2.45) is 0 Å². The van der Waals surface area contributed by atoms with Crippen LogP contribution < -0.4 is 4.90 Å². The van der Waals surface area contributed by atoms with Crippen molar-refractivity contribution in [1.82, 2.24) is 9.97 Å². The van der Waals surface area contributed by atoms with Gasteiger partial charge < -0.3 is 10.0 Å². The van der Waals surface area contributed by atoms with E-state index < -0.39 is 5.97 Å². The largest absolute Gasteiger partial charge is 0.480 e. The Balaban J connectivity index is 2.98. The predicted octanol–water partition coefficient (Wildman–Crippen LogP) is 1.89. The Hall–Kier alpha value is -1.30. The Morgan fingerprint density at radius 3 is 2.82 bits per heavy atom. The second kappa shape index (κ2) is 6.44. The van der Waals surface area contributed by atoms with Crippen molar-refractivity contribution in [3.8, 4) is 0 Å². The predicted molar refractivity (Wildman–Crippen MR) is 68.5 cm³/mol. The highest BCUT2D eigenvalue weighted by Gasteiger charge is 2.17. The molecular weight excluding hydrogens is 238 g/mol. The minimum atomic E-state index is -0.852. The normalized spacial score (nSPS) is 12.2. The number of aliphatic carboxylic acids is 1. The molecular formula is C11H17N3O2S. The number of rotatable bonds is 6. The maximum absolute atomic E-state index is 10.9. The van der Waals surface area contributed by atoms with Gasteiger partial charge in [-0.2, -0.15) is 0 Å². The molecule has 1 heterocycles. The number of hydrogen-bond acceptors (Lipinski definition) is 5. The fourth-order valence-corrected chi connectivity index (χ4v) is 1.80. The smallest absolute Gasteiger partial charge is 0.323 e. The zero-order chi connectivity index (χ0) is 12.8. The first kappa shape index (κ1) is 13.8. The number of carboxylic acid groups (broad SMARTS) is 1. The van der Waals surface area contributed by atoms with Gasteiger partial charge >= 0.3 is 5.97 Å². The highest BCUT2D eigenvalue weighted by Crippen LogP contribution is 2.19. The molecule has 94 valence electrons. The molecule has 17 heavy (non-hydrogen) atoms. The van der Waals surface area contributed by atoms with E-state index in [0.717, 1.165) is 11.4 Å². The third-order valence-corrected chi connectivity index (χ3v) is 3.20. The molecule has 1 N–H and O–H groups in total. The quantitative estimate of drug-likeness (QED) is 0.618. The SMILES string of the molecule is CCC(C)N(CC(=O)O)c1cc(SC)ncn1. The van der Waals surface area contributed by atoms with Gasteiger partial charge in [-0.25, -0.2) is 9.97 Å². The number of thioether (sulfide) groups is 1. The van der Waals surface area contributed by atoms with Crippen LogP contribution in [0.5, 0.6) is 0 Å². The summed E-state index contributed by atoms with van der Waals surface area (Å²) in [6, 6.07) is 1.95. The third kappa shape index (κ3) is 3.89. The van der Waals surface area contributed by atoms with E-state index in [0.29, 0.717) is 5.82 Å². The standard InChI is InChI=1S/C11H17N3O2S/c1-4-8(2)14(6-11(15)16)9-5-10(17-3)13-7-12-9/h5,7-8H,4,6H2,1-3H3,(H,15,16).